The predicted octanol–water partition coefficient (Wildman–Crippen LogP) is 1.74. The van der Waals surface area contributed by atoms with Gasteiger partial charge in [-0.05, 0) is 36.2 Å². The summed E-state index contributed by atoms with van der Waals surface area (Å²) in [5.41, 5.74) is 1.24. The number of aromatic amines is 1. The van der Waals surface area contributed by atoms with Crippen LogP contribution in [0.5, 0.6) is 0 Å². The number of hydrogen-bond acceptors (Lipinski definition) is 3. The molecule has 0 unspecified atom stereocenters. The quantitative estimate of drug-likeness (QED) is 0.771. The van der Waals surface area contributed by atoms with Crippen molar-refractivity contribution in [3.8, 4) is 0 Å². The smallest absolute Gasteiger partial charge is 0.335 e. The zero-order valence-electron chi connectivity index (χ0n) is 12.4. The molecule has 1 heterocycles. The largest absolute Gasteiger partial charge is 0.478 e. The Morgan fingerprint density at radius 1 is 1.17 bits per heavy atom. The number of carboxylic acid groups (broad SMARTS) is 1. The van der Waals surface area contributed by atoms with Crippen LogP contribution in [-0.4, -0.2) is 20.6 Å². The average molecular weight is 310 g/mol. The lowest BCUT2D eigenvalue weighted by Gasteiger charge is -2.12. The highest BCUT2D eigenvalue weighted by Crippen LogP contribution is 2.15. The number of hydrogen-bond donors (Lipinski definition) is 2. The van der Waals surface area contributed by atoms with Gasteiger partial charge in [0.15, 0.2) is 0 Å². The van der Waals surface area contributed by atoms with E-state index in [4.69, 9.17) is 5.11 Å². The van der Waals surface area contributed by atoms with E-state index in [9.17, 15) is 14.4 Å². The number of carboxylic acids is 1. The lowest BCUT2D eigenvalue weighted by atomic mass is 10.1. The molecule has 0 aliphatic rings. The Balaban J connectivity index is 2.21. The first-order chi connectivity index (χ1) is 11.0. The third kappa shape index (κ3) is 2.66. The van der Waals surface area contributed by atoms with Crippen LogP contribution in [-0.2, 0) is 6.54 Å². The van der Waals surface area contributed by atoms with Gasteiger partial charge in [0, 0.05) is 0 Å². The van der Waals surface area contributed by atoms with Gasteiger partial charge < -0.3 is 5.11 Å². The maximum atomic E-state index is 12.2. The van der Waals surface area contributed by atoms with Crippen molar-refractivity contribution in [1.82, 2.24) is 9.55 Å². The van der Waals surface area contributed by atoms with Crippen LogP contribution in [0, 0.1) is 6.92 Å². The van der Waals surface area contributed by atoms with Crippen molar-refractivity contribution in [3.63, 3.8) is 0 Å². The molecule has 0 spiro atoms. The maximum Gasteiger partial charge on any atom is 0.335 e. The molecule has 0 amide bonds. The molecule has 0 fully saturated rings. The van der Waals surface area contributed by atoms with E-state index in [1.54, 1.807) is 24.3 Å². The van der Waals surface area contributed by atoms with Gasteiger partial charge in [-0.15, -0.1) is 0 Å². The van der Waals surface area contributed by atoms with Crippen LogP contribution in [0.2, 0.25) is 0 Å². The second kappa shape index (κ2) is 5.57. The minimum Gasteiger partial charge on any atom is -0.478 e. The SMILES string of the molecule is Cc1cccc2c(=O)[nH]c(=O)n(Cc3cccc(C(=O)O)c3)c12. The molecule has 0 aliphatic heterocycles. The highest BCUT2D eigenvalue weighted by Gasteiger charge is 2.11. The van der Waals surface area contributed by atoms with E-state index in [0.29, 0.717) is 16.5 Å². The van der Waals surface area contributed by atoms with Crippen molar-refractivity contribution >= 4 is 16.9 Å². The molecule has 0 aliphatic carbocycles. The minimum absolute atomic E-state index is 0.154. The van der Waals surface area contributed by atoms with E-state index in [1.807, 2.05) is 13.0 Å². The molecule has 1 aromatic heterocycles. The summed E-state index contributed by atoms with van der Waals surface area (Å²) in [6.45, 7) is 2.00. The van der Waals surface area contributed by atoms with Crippen molar-refractivity contribution in [1.29, 1.82) is 0 Å². The summed E-state index contributed by atoms with van der Waals surface area (Å²) in [6, 6.07) is 11.6. The summed E-state index contributed by atoms with van der Waals surface area (Å²) < 4.78 is 1.45. The number of benzene rings is 2. The molecule has 23 heavy (non-hydrogen) atoms. The summed E-state index contributed by atoms with van der Waals surface area (Å²) in [7, 11) is 0. The van der Waals surface area contributed by atoms with Gasteiger partial charge in [-0.2, -0.15) is 0 Å². The number of para-hydroxylation sites is 1. The zero-order valence-corrected chi connectivity index (χ0v) is 12.4. The second-order valence-corrected chi connectivity index (χ2v) is 5.32. The zero-order chi connectivity index (χ0) is 16.6. The molecule has 2 aromatic carbocycles. The molecule has 6 nitrogen and oxygen atoms in total. The monoisotopic (exact) mass is 310 g/mol. The van der Waals surface area contributed by atoms with E-state index < -0.39 is 17.2 Å². The summed E-state index contributed by atoms with van der Waals surface area (Å²) in [5.74, 6) is -1.03. The summed E-state index contributed by atoms with van der Waals surface area (Å²) in [5, 5.41) is 9.50. The Kier molecular flexibility index (Phi) is 3.57. The number of aryl methyl sites for hydroxylation is 1. The fourth-order valence-electron chi connectivity index (χ4n) is 2.67. The van der Waals surface area contributed by atoms with Crippen LogP contribution >= 0.6 is 0 Å². The van der Waals surface area contributed by atoms with Crippen molar-refractivity contribution < 1.29 is 9.90 Å². The van der Waals surface area contributed by atoms with Gasteiger partial charge in [0.05, 0.1) is 23.0 Å². The van der Waals surface area contributed by atoms with E-state index in [1.165, 1.54) is 16.7 Å². The summed E-state index contributed by atoms with van der Waals surface area (Å²) in [4.78, 5) is 37.5. The molecule has 2 N–H and O–H groups in total. The molecule has 0 bridgehead atoms. The predicted molar refractivity (Wildman–Crippen MR) is 86.1 cm³/mol. The number of fused-ring (bicyclic) bond motifs is 1. The van der Waals surface area contributed by atoms with Crippen molar-refractivity contribution in [2.24, 2.45) is 0 Å². The minimum atomic E-state index is -1.03. The van der Waals surface area contributed by atoms with Gasteiger partial charge in [0.25, 0.3) is 5.56 Å². The Morgan fingerprint density at radius 3 is 2.65 bits per heavy atom. The number of rotatable bonds is 3. The van der Waals surface area contributed by atoms with Crippen LogP contribution in [0.4, 0.5) is 0 Å². The normalized spacial score (nSPS) is 10.8. The molecular weight excluding hydrogens is 296 g/mol. The number of H-pyrrole nitrogens is 1. The fourth-order valence-corrected chi connectivity index (χ4v) is 2.67. The molecule has 0 radical (unpaired) electrons. The van der Waals surface area contributed by atoms with Crippen molar-refractivity contribution in [2.45, 2.75) is 13.5 Å². The van der Waals surface area contributed by atoms with Gasteiger partial charge in [-0.3, -0.25) is 14.3 Å². The molecule has 0 saturated heterocycles. The molecule has 0 saturated carbocycles. The first-order valence-electron chi connectivity index (χ1n) is 7.02. The Morgan fingerprint density at radius 2 is 1.91 bits per heavy atom. The maximum absolute atomic E-state index is 12.2. The Bertz CT molecular complexity index is 1030. The number of aromatic nitrogens is 2. The number of carbonyl (C=O) groups is 1. The topological polar surface area (TPSA) is 92.2 Å². The highest BCUT2D eigenvalue weighted by molar-refractivity contribution is 5.87. The van der Waals surface area contributed by atoms with Crippen LogP contribution in [0.1, 0.15) is 21.5 Å². The van der Waals surface area contributed by atoms with Crippen LogP contribution < -0.4 is 11.2 Å². The van der Waals surface area contributed by atoms with Gasteiger partial charge in [0.1, 0.15) is 0 Å². The summed E-state index contributed by atoms with van der Waals surface area (Å²) in [6.07, 6.45) is 0. The first kappa shape index (κ1) is 14.8. The third-order valence-corrected chi connectivity index (χ3v) is 3.73. The number of nitrogens with zero attached hydrogens (tertiary/aromatic N) is 1. The third-order valence-electron chi connectivity index (χ3n) is 3.73. The van der Waals surface area contributed by atoms with E-state index >= 15 is 0 Å². The van der Waals surface area contributed by atoms with Crippen LogP contribution in [0.3, 0.4) is 0 Å². The molecule has 116 valence electrons. The van der Waals surface area contributed by atoms with Crippen molar-refractivity contribution in [3.05, 3.63) is 80.0 Å². The number of nitrogens with one attached hydrogen (secondary N) is 1. The first-order valence-corrected chi connectivity index (χ1v) is 7.02. The molecular formula is C17H14N2O4. The summed E-state index contributed by atoms with van der Waals surface area (Å²) >= 11 is 0. The Labute approximate surface area is 130 Å². The van der Waals surface area contributed by atoms with Gasteiger partial charge in [0.2, 0.25) is 0 Å². The molecule has 3 aromatic rings. The fraction of sp³-hybridized carbons (Fsp3) is 0.118. The Hall–Kier alpha value is -3.15. The van der Waals surface area contributed by atoms with Crippen LogP contribution in [0.25, 0.3) is 10.9 Å². The lowest BCUT2D eigenvalue weighted by molar-refractivity contribution is 0.0696. The highest BCUT2D eigenvalue weighted by atomic mass is 16.4. The van der Waals surface area contributed by atoms with E-state index in [0.717, 1.165) is 5.56 Å². The van der Waals surface area contributed by atoms with Gasteiger partial charge in [-0.25, -0.2) is 9.59 Å². The lowest BCUT2D eigenvalue weighted by Crippen LogP contribution is -2.31. The standard InChI is InChI=1S/C17H14N2O4/c1-10-4-2-7-13-14(10)19(17(23)18-15(13)20)9-11-5-3-6-12(8-11)16(21)22/h2-8H,9H2,1H3,(H,21,22)(H,18,20,23). The van der Waals surface area contributed by atoms with E-state index in [-0.39, 0.29) is 12.1 Å². The van der Waals surface area contributed by atoms with Gasteiger partial charge >= 0.3 is 11.7 Å². The van der Waals surface area contributed by atoms with Crippen LogP contribution in [0.15, 0.2) is 52.1 Å². The molecule has 6 heteroatoms. The average Bonchev–Trinajstić information content (AvgIpc) is 2.52. The molecule has 3 rings (SSSR count). The molecule has 0 atom stereocenters. The number of aromatic carboxylic acids is 1. The van der Waals surface area contributed by atoms with E-state index in [2.05, 4.69) is 4.98 Å². The second-order valence-electron chi connectivity index (χ2n) is 5.32. The van der Waals surface area contributed by atoms with Crippen molar-refractivity contribution in [2.75, 3.05) is 0 Å². The van der Waals surface area contributed by atoms with Gasteiger partial charge in [-0.1, -0.05) is 24.3 Å².